The molecule has 0 bridgehead atoms. The van der Waals surface area contributed by atoms with Crippen molar-refractivity contribution in [2.75, 3.05) is 26.4 Å². The van der Waals surface area contributed by atoms with E-state index in [1.54, 1.807) is 0 Å². The van der Waals surface area contributed by atoms with Gasteiger partial charge in [-0.25, -0.2) is 4.57 Å². The molecular weight excluding hydrogens is 581 g/mol. The molecule has 10 heteroatoms. The number of hydrogen-bond donors (Lipinski definition) is 2. The van der Waals surface area contributed by atoms with Gasteiger partial charge in [0.2, 0.25) is 0 Å². The molecule has 2 atom stereocenters. The molecule has 0 heterocycles. The highest BCUT2D eigenvalue weighted by Crippen LogP contribution is 2.43. The molecule has 0 aliphatic heterocycles. The van der Waals surface area contributed by atoms with Gasteiger partial charge in [0.1, 0.15) is 6.61 Å². The van der Waals surface area contributed by atoms with E-state index in [1.807, 2.05) is 0 Å². The summed E-state index contributed by atoms with van der Waals surface area (Å²) < 4.78 is 32.5. The van der Waals surface area contributed by atoms with Crippen LogP contribution in [0.15, 0.2) is 12.2 Å². The van der Waals surface area contributed by atoms with Crippen LogP contribution in [0.4, 0.5) is 0 Å². The standard InChI is InChI=1S/C34H66NO8P/c1-3-5-7-9-11-13-14-15-16-17-19-20-22-24-26-33(36)40-30-32(31-42-44(38,39)41-29-28-35)43-34(37)27-25-23-21-18-12-10-8-6-4-2/h14-15,32H,3-13,16-31,35H2,1-2H3,(H,38,39)/b15-14+/t32-/m0/s1. The van der Waals surface area contributed by atoms with Crippen molar-refractivity contribution >= 4 is 19.8 Å². The third-order valence-corrected chi connectivity index (χ3v) is 8.39. The third-order valence-electron chi connectivity index (χ3n) is 7.40. The Morgan fingerprint density at radius 1 is 0.659 bits per heavy atom. The van der Waals surface area contributed by atoms with Crippen molar-refractivity contribution < 1.29 is 37.6 Å². The van der Waals surface area contributed by atoms with Crippen molar-refractivity contribution in [1.82, 2.24) is 0 Å². The molecule has 9 nitrogen and oxygen atoms in total. The lowest BCUT2D eigenvalue weighted by molar-refractivity contribution is -0.161. The van der Waals surface area contributed by atoms with Crippen LogP contribution in [0.2, 0.25) is 0 Å². The predicted octanol–water partition coefficient (Wildman–Crippen LogP) is 9.10. The van der Waals surface area contributed by atoms with Gasteiger partial charge in [-0.05, 0) is 38.5 Å². The van der Waals surface area contributed by atoms with Gasteiger partial charge in [0.05, 0.1) is 13.2 Å². The van der Waals surface area contributed by atoms with E-state index in [9.17, 15) is 19.0 Å². The lowest BCUT2D eigenvalue weighted by Crippen LogP contribution is -2.29. The van der Waals surface area contributed by atoms with Gasteiger partial charge >= 0.3 is 19.8 Å². The Hall–Kier alpha value is -1.25. The number of rotatable bonds is 33. The number of allylic oxidation sites excluding steroid dienone is 2. The zero-order chi connectivity index (χ0) is 32.6. The fourth-order valence-electron chi connectivity index (χ4n) is 4.74. The van der Waals surface area contributed by atoms with Gasteiger partial charge in [0, 0.05) is 19.4 Å². The zero-order valence-electron chi connectivity index (χ0n) is 28.2. The number of nitrogens with two attached hydrogens (primary N) is 1. The van der Waals surface area contributed by atoms with Crippen LogP contribution in [0.5, 0.6) is 0 Å². The summed E-state index contributed by atoms with van der Waals surface area (Å²) >= 11 is 0. The highest BCUT2D eigenvalue weighted by atomic mass is 31.2. The Bertz CT molecular complexity index is 749. The van der Waals surface area contributed by atoms with Gasteiger partial charge in [0.25, 0.3) is 0 Å². The molecule has 0 spiro atoms. The van der Waals surface area contributed by atoms with E-state index in [-0.39, 0.29) is 32.6 Å². The normalized spacial score (nSPS) is 13.6. The average molecular weight is 648 g/mol. The molecule has 3 N–H and O–H groups in total. The number of esters is 2. The molecule has 260 valence electrons. The third kappa shape index (κ3) is 30.8. The predicted molar refractivity (Wildman–Crippen MR) is 178 cm³/mol. The second kappa shape index (κ2) is 31.7. The molecule has 0 aromatic rings. The number of phosphoric ester groups is 1. The van der Waals surface area contributed by atoms with Crippen molar-refractivity contribution in [3.05, 3.63) is 12.2 Å². The summed E-state index contributed by atoms with van der Waals surface area (Å²) in [6, 6.07) is 0. The van der Waals surface area contributed by atoms with E-state index < -0.39 is 32.5 Å². The Morgan fingerprint density at radius 2 is 1.11 bits per heavy atom. The highest BCUT2D eigenvalue weighted by Gasteiger charge is 2.25. The molecule has 0 saturated heterocycles. The number of unbranched alkanes of at least 4 members (excludes halogenated alkanes) is 18. The average Bonchev–Trinajstić information content (AvgIpc) is 3.00. The topological polar surface area (TPSA) is 134 Å². The zero-order valence-corrected chi connectivity index (χ0v) is 29.0. The lowest BCUT2D eigenvalue weighted by atomic mass is 10.1. The first kappa shape index (κ1) is 42.8. The number of carbonyl (C=O) groups is 2. The van der Waals surface area contributed by atoms with Gasteiger partial charge < -0.3 is 20.1 Å². The number of hydrogen-bond acceptors (Lipinski definition) is 8. The van der Waals surface area contributed by atoms with E-state index in [4.69, 9.17) is 24.3 Å². The molecule has 0 saturated carbocycles. The maximum atomic E-state index is 12.4. The molecule has 0 aliphatic rings. The van der Waals surface area contributed by atoms with Crippen LogP contribution in [0.3, 0.4) is 0 Å². The largest absolute Gasteiger partial charge is 0.472 e. The smallest absolute Gasteiger partial charge is 0.462 e. The van der Waals surface area contributed by atoms with Crippen LogP contribution in [0.25, 0.3) is 0 Å². The summed E-state index contributed by atoms with van der Waals surface area (Å²) in [6.07, 6.45) is 28.2. The Balaban J connectivity index is 4.24. The first-order valence-electron chi connectivity index (χ1n) is 17.7. The van der Waals surface area contributed by atoms with E-state index in [1.165, 1.54) is 70.6 Å². The number of carbonyl (C=O) groups excluding carboxylic acids is 2. The minimum absolute atomic E-state index is 0.0545. The molecule has 0 radical (unpaired) electrons. The van der Waals surface area contributed by atoms with Crippen LogP contribution >= 0.6 is 7.82 Å². The van der Waals surface area contributed by atoms with Crippen LogP contribution in [0, 0.1) is 0 Å². The molecule has 0 aromatic carbocycles. The first-order valence-corrected chi connectivity index (χ1v) is 19.2. The van der Waals surface area contributed by atoms with Crippen molar-refractivity contribution in [3.63, 3.8) is 0 Å². The lowest BCUT2D eigenvalue weighted by Gasteiger charge is -2.19. The summed E-state index contributed by atoms with van der Waals surface area (Å²) in [5.41, 5.74) is 5.31. The van der Waals surface area contributed by atoms with E-state index in [0.717, 1.165) is 57.8 Å². The monoisotopic (exact) mass is 647 g/mol. The molecule has 1 unspecified atom stereocenters. The summed E-state index contributed by atoms with van der Waals surface area (Å²) in [5.74, 6) is -0.839. The molecule has 0 rings (SSSR count). The summed E-state index contributed by atoms with van der Waals surface area (Å²) in [4.78, 5) is 34.5. The fourth-order valence-corrected chi connectivity index (χ4v) is 5.51. The molecule has 0 fully saturated rings. The first-order chi connectivity index (χ1) is 21.3. The second-order valence-corrected chi connectivity index (χ2v) is 13.2. The second-order valence-electron chi connectivity index (χ2n) is 11.7. The quantitative estimate of drug-likeness (QED) is 0.0309. The minimum Gasteiger partial charge on any atom is -0.462 e. The van der Waals surface area contributed by atoms with Gasteiger partial charge in [-0.2, -0.15) is 0 Å². The van der Waals surface area contributed by atoms with Gasteiger partial charge in [-0.15, -0.1) is 0 Å². The van der Waals surface area contributed by atoms with Gasteiger partial charge in [-0.1, -0.05) is 122 Å². The Morgan fingerprint density at radius 3 is 1.61 bits per heavy atom. The molecule has 0 aliphatic carbocycles. The van der Waals surface area contributed by atoms with E-state index in [2.05, 4.69) is 26.0 Å². The maximum absolute atomic E-state index is 12.4. The summed E-state index contributed by atoms with van der Waals surface area (Å²) in [7, 11) is -4.36. The van der Waals surface area contributed by atoms with Crippen molar-refractivity contribution in [1.29, 1.82) is 0 Å². The number of phosphoric acid groups is 1. The molecule has 0 amide bonds. The molecule has 44 heavy (non-hydrogen) atoms. The van der Waals surface area contributed by atoms with Crippen LogP contribution < -0.4 is 5.73 Å². The SMILES string of the molecule is CCCCCCC/C=C/CCCCCCCC(=O)OC[C@@H](COP(=O)(O)OCCN)OC(=O)CCCCCCCCCCC. The van der Waals surface area contributed by atoms with Crippen molar-refractivity contribution in [2.45, 2.75) is 168 Å². The summed E-state index contributed by atoms with van der Waals surface area (Å²) in [5, 5.41) is 0. The fraction of sp³-hybridized carbons (Fsp3) is 0.882. The van der Waals surface area contributed by atoms with Gasteiger partial charge in [0.15, 0.2) is 6.10 Å². The highest BCUT2D eigenvalue weighted by molar-refractivity contribution is 7.47. The molecule has 0 aromatic heterocycles. The van der Waals surface area contributed by atoms with Crippen LogP contribution in [0.1, 0.15) is 162 Å². The van der Waals surface area contributed by atoms with Gasteiger partial charge in [-0.3, -0.25) is 18.6 Å². The maximum Gasteiger partial charge on any atom is 0.472 e. The van der Waals surface area contributed by atoms with Crippen molar-refractivity contribution in [3.8, 4) is 0 Å². The Labute approximate surface area is 269 Å². The Kier molecular flexibility index (Phi) is 30.8. The number of ether oxygens (including phenoxy) is 2. The van der Waals surface area contributed by atoms with Crippen LogP contribution in [-0.4, -0.2) is 49.3 Å². The van der Waals surface area contributed by atoms with Crippen molar-refractivity contribution in [2.24, 2.45) is 5.73 Å². The van der Waals surface area contributed by atoms with Crippen LogP contribution in [-0.2, 0) is 32.7 Å². The molecular formula is C34H66NO8P. The van der Waals surface area contributed by atoms with E-state index >= 15 is 0 Å². The summed E-state index contributed by atoms with van der Waals surface area (Å²) in [6.45, 7) is 3.67. The van der Waals surface area contributed by atoms with E-state index in [0.29, 0.717) is 6.42 Å². The minimum atomic E-state index is -4.36.